The lowest BCUT2D eigenvalue weighted by atomic mass is 9.96. The molecule has 1 unspecified atom stereocenters. The monoisotopic (exact) mass is 228 g/mol. The van der Waals surface area contributed by atoms with Crippen molar-refractivity contribution in [3.63, 3.8) is 0 Å². The molecule has 2 aromatic rings. The second-order valence-corrected chi connectivity index (χ2v) is 3.94. The third kappa shape index (κ3) is 2.29. The SMILES string of the molecule is COc1ncccc1C(N)c1ccccc1C. The van der Waals surface area contributed by atoms with Crippen LogP contribution in [0.5, 0.6) is 5.88 Å². The van der Waals surface area contributed by atoms with Gasteiger partial charge in [-0.25, -0.2) is 4.98 Å². The highest BCUT2D eigenvalue weighted by Crippen LogP contribution is 2.27. The summed E-state index contributed by atoms with van der Waals surface area (Å²) in [5, 5.41) is 0. The zero-order valence-corrected chi connectivity index (χ0v) is 10.1. The van der Waals surface area contributed by atoms with Crippen LogP contribution in [0.4, 0.5) is 0 Å². The van der Waals surface area contributed by atoms with Crippen molar-refractivity contribution in [3.05, 3.63) is 59.3 Å². The Balaban J connectivity index is 2.44. The van der Waals surface area contributed by atoms with Gasteiger partial charge in [0.05, 0.1) is 13.2 Å². The summed E-state index contributed by atoms with van der Waals surface area (Å²) in [4.78, 5) is 4.17. The number of aryl methyl sites for hydroxylation is 1. The number of nitrogens with two attached hydrogens (primary N) is 1. The van der Waals surface area contributed by atoms with Gasteiger partial charge in [0.15, 0.2) is 0 Å². The van der Waals surface area contributed by atoms with Crippen LogP contribution in [-0.2, 0) is 0 Å². The zero-order valence-electron chi connectivity index (χ0n) is 10.1. The topological polar surface area (TPSA) is 48.1 Å². The molecule has 1 heterocycles. The van der Waals surface area contributed by atoms with Gasteiger partial charge in [0, 0.05) is 11.8 Å². The maximum atomic E-state index is 6.27. The molecule has 1 aromatic heterocycles. The third-order valence-corrected chi connectivity index (χ3v) is 2.85. The third-order valence-electron chi connectivity index (χ3n) is 2.85. The van der Waals surface area contributed by atoms with Crippen molar-refractivity contribution in [3.8, 4) is 5.88 Å². The van der Waals surface area contributed by atoms with Gasteiger partial charge in [-0.05, 0) is 24.1 Å². The molecule has 0 aliphatic carbocycles. The first-order valence-corrected chi connectivity index (χ1v) is 5.54. The quantitative estimate of drug-likeness (QED) is 0.877. The molecule has 1 aromatic carbocycles. The number of ether oxygens (including phenoxy) is 1. The first-order chi connectivity index (χ1) is 8.24. The molecule has 3 nitrogen and oxygen atoms in total. The van der Waals surface area contributed by atoms with E-state index < -0.39 is 0 Å². The van der Waals surface area contributed by atoms with E-state index in [-0.39, 0.29) is 6.04 Å². The molecule has 0 bridgehead atoms. The Bertz CT molecular complexity index is 511. The second-order valence-electron chi connectivity index (χ2n) is 3.94. The highest BCUT2D eigenvalue weighted by atomic mass is 16.5. The van der Waals surface area contributed by atoms with Crippen LogP contribution in [0.15, 0.2) is 42.6 Å². The Kier molecular flexibility index (Phi) is 3.40. The molecule has 17 heavy (non-hydrogen) atoms. The largest absolute Gasteiger partial charge is 0.481 e. The molecule has 0 saturated carbocycles. The van der Waals surface area contributed by atoms with E-state index in [0.29, 0.717) is 5.88 Å². The van der Waals surface area contributed by atoms with Crippen LogP contribution in [-0.4, -0.2) is 12.1 Å². The van der Waals surface area contributed by atoms with E-state index in [1.807, 2.05) is 30.3 Å². The van der Waals surface area contributed by atoms with Gasteiger partial charge in [0.1, 0.15) is 0 Å². The van der Waals surface area contributed by atoms with E-state index in [9.17, 15) is 0 Å². The number of methoxy groups -OCH3 is 1. The number of nitrogens with zero attached hydrogens (tertiary/aromatic N) is 1. The standard InChI is InChI=1S/C14H16N2O/c1-10-6-3-4-7-11(10)13(15)12-8-5-9-16-14(12)17-2/h3-9,13H,15H2,1-2H3. The number of rotatable bonds is 3. The molecule has 2 rings (SSSR count). The Morgan fingerprint density at radius 3 is 2.53 bits per heavy atom. The lowest BCUT2D eigenvalue weighted by Crippen LogP contribution is -2.14. The molecule has 0 aliphatic rings. The molecular formula is C14H16N2O. The van der Waals surface area contributed by atoms with Crippen LogP contribution < -0.4 is 10.5 Å². The summed E-state index contributed by atoms with van der Waals surface area (Å²) in [5.74, 6) is 0.586. The number of pyridine rings is 1. The molecule has 1 atom stereocenters. The fourth-order valence-corrected chi connectivity index (χ4v) is 1.91. The number of benzene rings is 1. The normalized spacial score (nSPS) is 12.2. The van der Waals surface area contributed by atoms with Gasteiger partial charge in [-0.1, -0.05) is 30.3 Å². The Hall–Kier alpha value is -1.87. The maximum absolute atomic E-state index is 6.27. The predicted octanol–water partition coefficient (Wildman–Crippen LogP) is 2.45. The number of hydrogen-bond donors (Lipinski definition) is 1. The van der Waals surface area contributed by atoms with Gasteiger partial charge in [0.2, 0.25) is 5.88 Å². The molecule has 0 radical (unpaired) electrons. The molecule has 0 spiro atoms. The molecule has 2 N–H and O–H groups in total. The van der Waals surface area contributed by atoms with Crippen LogP contribution in [0, 0.1) is 6.92 Å². The van der Waals surface area contributed by atoms with Crippen LogP contribution in [0.1, 0.15) is 22.7 Å². The number of hydrogen-bond acceptors (Lipinski definition) is 3. The molecular weight excluding hydrogens is 212 g/mol. The van der Waals surface area contributed by atoms with E-state index in [2.05, 4.69) is 18.0 Å². The van der Waals surface area contributed by atoms with Gasteiger partial charge >= 0.3 is 0 Å². The number of aromatic nitrogens is 1. The molecule has 0 amide bonds. The summed E-state index contributed by atoms with van der Waals surface area (Å²) in [6.07, 6.45) is 1.70. The average molecular weight is 228 g/mol. The smallest absolute Gasteiger partial charge is 0.218 e. The summed E-state index contributed by atoms with van der Waals surface area (Å²) >= 11 is 0. The Morgan fingerprint density at radius 1 is 1.12 bits per heavy atom. The predicted molar refractivity (Wildman–Crippen MR) is 68.0 cm³/mol. The van der Waals surface area contributed by atoms with Crippen molar-refractivity contribution in [1.82, 2.24) is 4.98 Å². The van der Waals surface area contributed by atoms with Crippen LogP contribution >= 0.6 is 0 Å². The summed E-state index contributed by atoms with van der Waals surface area (Å²) in [6, 6.07) is 11.7. The van der Waals surface area contributed by atoms with Crippen molar-refractivity contribution in [2.75, 3.05) is 7.11 Å². The summed E-state index contributed by atoms with van der Waals surface area (Å²) in [6.45, 7) is 2.05. The fourth-order valence-electron chi connectivity index (χ4n) is 1.91. The zero-order chi connectivity index (χ0) is 12.3. The second kappa shape index (κ2) is 4.97. The highest BCUT2D eigenvalue weighted by molar-refractivity contribution is 5.40. The van der Waals surface area contributed by atoms with E-state index in [1.165, 1.54) is 5.56 Å². The van der Waals surface area contributed by atoms with Crippen molar-refractivity contribution in [2.24, 2.45) is 5.73 Å². The Labute approximate surface area is 101 Å². The van der Waals surface area contributed by atoms with E-state index in [4.69, 9.17) is 10.5 Å². The first kappa shape index (κ1) is 11.6. The van der Waals surface area contributed by atoms with Crippen molar-refractivity contribution >= 4 is 0 Å². The van der Waals surface area contributed by atoms with Crippen LogP contribution in [0.2, 0.25) is 0 Å². The maximum Gasteiger partial charge on any atom is 0.218 e. The van der Waals surface area contributed by atoms with Gasteiger partial charge in [-0.3, -0.25) is 0 Å². The molecule has 88 valence electrons. The van der Waals surface area contributed by atoms with E-state index in [0.717, 1.165) is 11.1 Å². The van der Waals surface area contributed by atoms with Crippen LogP contribution in [0.25, 0.3) is 0 Å². The lowest BCUT2D eigenvalue weighted by Gasteiger charge is -2.16. The van der Waals surface area contributed by atoms with E-state index >= 15 is 0 Å². The van der Waals surface area contributed by atoms with E-state index in [1.54, 1.807) is 13.3 Å². The van der Waals surface area contributed by atoms with Gasteiger partial charge < -0.3 is 10.5 Å². The minimum atomic E-state index is -0.208. The lowest BCUT2D eigenvalue weighted by molar-refractivity contribution is 0.390. The molecule has 0 saturated heterocycles. The highest BCUT2D eigenvalue weighted by Gasteiger charge is 2.15. The minimum Gasteiger partial charge on any atom is -0.481 e. The van der Waals surface area contributed by atoms with Gasteiger partial charge in [-0.15, -0.1) is 0 Å². The minimum absolute atomic E-state index is 0.208. The summed E-state index contributed by atoms with van der Waals surface area (Å²) in [5.41, 5.74) is 9.45. The van der Waals surface area contributed by atoms with Crippen LogP contribution in [0.3, 0.4) is 0 Å². The average Bonchev–Trinajstić information content (AvgIpc) is 2.38. The summed E-state index contributed by atoms with van der Waals surface area (Å²) < 4.78 is 5.24. The fraction of sp³-hybridized carbons (Fsp3) is 0.214. The van der Waals surface area contributed by atoms with Crippen molar-refractivity contribution in [1.29, 1.82) is 0 Å². The van der Waals surface area contributed by atoms with Crippen molar-refractivity contribution < 1.29 is 4.74 Å². The van der Waals surface area contributed by atoms with Gasteiger partial charge in [0.25, 0.3) is 0 Å². The van der Waals surface area contributed by atoms with Gasteiger partial charge in [-0.2, -0.15) is 0 Å². The molecule has 0 fully saturated rings. The molecule has 0 aliphatic heterocycles. The van der Waals surface area contributed by atoms with Crippen molar-refractivity contribution in [2.45, 2.75) is 13.0 Å². The first-order valence-electron chi connectivity index (χ1n) is 5.54. The Morgan fingerprint density at radius 2 is 1.82 bits per heavy atom. The molecule has 3 heteroatoms. The summed E-state index contributed by atoms with van der Waals surface area (Å²) in [7, 11) is 1.61.